The van der Waals surface area contributed by atoms with E-state index in [-0.39, 0.29) is 17.2 Å². The van der Waals surface area contributed by atoms with Crippen LogP contribution in [-0.2, 0) is 0 Å². The predicted octanol–water partition coefficient (Wildman–Crippen LogP) is 3.74. The van der Waals surface area contributed by atoms with Gasteiger partial charge in [0.15, 0.2) is 5.41 Å². The number of nitrogens with two attached hydrogens (primary N) is 1. The van der Waals surface area contributed by atoms with Gasteiger partial charge in [-0.1, -0.05) is 36.2 Å². The summed E-state index contributed by atoms with van der Waals surface area (Å²) in [6, 6.07) is 11.3. The minimum absolute atomic E-state index is 0.0107. The van der Waals surface area contributed by atoms with Gasteiger partial charge in [-0.05, 0) is 35.9 Å². The van der Waals surface area contributed by atoms with Gasteiger partial charge in [0.05, 0.1) is 23.4 Å². The molecule has 1 aromatic rings. The third-order valence-electron chi connectivity index (χ3n) is 5.48. The predicted molar refractivity (Wildman–Crippen MR) is 103 cm³/mol. The molecule has 1 aliphatic heterocycles. The summed E-state index contributed by atoms with van der Waals surface area (Å²) in [5.41, 5.74) is 6.16. The highest BCUT2D eigenvalue weighted by atomic mass is 35.5. The van der Waals surface area contributed by atoms with Gasteiger partial charge in [0.2, 0.25) is 0 Å². The third-order valence-corrected chi connectivity index (χ3v) is 6.06. The number of rotatable bonds is 2. The summed E-state index contributed by atoms with van der Waals surface area (Å²) in [4.78, 5) is 2.19. The normalized spacial score (nSPS) is 24.2. The summed E-state index contributed by atoms with van der Waals surface area (Å²) in [7, 11) is 0. The Labute approximate surface area is 168 Å². The van der Waals surface area contributed by atoms with Crippen molar-refractivity contribution in [2.24, 2.45) is 17.1 Å². The molecule has 5 nitrogen and oxygen atoms in total. The van der Waals surface area contributed by atoms with Crippen LogP contribution in [0.15, 0.2) is 41.1 Å². The highest BCUT2D eigenvalue weighted by Gasteiger charge is 2.54. The molecule has 27 heavy (non-hydrogen) atoms. The Morgan fingerprint density at radius 2 is 1.96 bits per heavy atom. The lowest BCUT2D eigenvalue weighted by Crippen LogP contribution is -2.48. The van der Waals surface area contributed by atoms with Gasteiger partial charge in [-0.15, -0.1) is 0 Å². The van der Waals surface area contributed by atoms with Crippen molar-refractivity contribution < 1.29 is 0 Å². The van der Waals surface area contributed by atoms with E-state index in [0.717, 1.165) is 12.1 Å². The van der Waals surface area contributed by atoms with E-state index in [1.54, 1.807) is 18.2 Å². The number of nitriles is 3. The molecule has 0 aromatic heterocycles. The topological polar surface area (TPSA) is 101 Å². The van der Waals surface area contributed by atoms with Crippen LogP contribution in [0, 0.1) is 45.3 Å². The molecule has 0 spiro atoms. The summed E-state index contributed by atoms with van der Waals surface area (Å²) in [6.45, 7) is 4.13. The van der Waals surface area contributed by atoms with Crippen molar-refractivity contribution >= 4 is 23.2 Å². The van der Waals surface area contributed by atoms with Gasteiger partial charge in [-0.2, -0.15) is 15.8 Å². The molecule has 0 bridgehead atoms. The monoisotopic (exact) mass is 397 g/mol. The fourth-order valence-corrected chi connectivity index (χ4v) is 4.51. The second-order valence-corrected chi connectivity index (χ2v) is 7.54. The minimum atomic E-state index is -1.70. The molecule has 2 aliphatic rings. The molecule has 2 N–H and O–H groups in total. The first-order valence-electron chi connectivity index (χ1n) is 8.54. The zero-order chi connectivity index (χ0) is 19.8. The molecule has 2 atom stereocenters. The number of fused-ring (bicyclic) bond motifs is 1. The summed E-state index contributed by atoms with van der Waals surface area (Å²) >= 11 is 12.7. The molecular weight excluding hydrogens is 381 g/mol. The Hall–Kier alpha value is -2.49. The number of hydrogen-bond donors (Lipinski definition) is 1. The van der Waals surface area contributed by atoms with E-state index in [9.17, 15) is 15.8 Å². The highest BCUT2D eigenvalue weighted by molar-refractivity contribution is 6.33. The van der Waals surface area contributed by atoms with Gasteiger partial charge in [0, 0.05) is 35.0 Å². The molecule has 0 unspecified atom stereocenters. The Kier molecular flexibility index (Phi) is 5.18. The molecule has 1 aromatic carbocycles. The van der Waals surface area contributed by atoms with E-state index in [0.29, 0.717) is 28.7 Å². The summed E-state index contributed by atoms with van der Waals surface area (Å²) in [5, 5.41) is 30.6. The molecule has 0 fully saturated rings. The molecule has 0 saturated heterocycles. The maximum Gasteiger partial charge on any atom is 0.191 e. The van der Waals surface area contributed by atoms with Crippen LogP contribution in [-0.4, -0.2) is 24.5 Å². The summed E-state index contributed by atoms with van der Waals surface area (Å²) in [6.07, 6.45) is 1.97. The molecule has 1 aliphatic carbocycles. The Morgan fingerprint density at radius 3 is 2.56 bits per heavy atom. The number of halogens is 2. The summed E-state index contributed by atoms with van der Waals surface area (Å²) in [5.74, 6) is -0.896. The van der Waals surface area contributed by atoms with E-state index in [1.165, 1.54) is 0 Å². The van der Waals surface area contributed by atoms with Crippen molar-refractivity contribution in [2.75, 3.05) is 19.6 Å². The van der Waals surface area contributed by atoms with Crippen LogP contribution in [0.2, 0.25) is 10.0 Å². The van der Waals surface area contributed by atoms with Crippen LogP contribution >= 0.6 is 23.2 Å². The highest BCUT2D eigenvalue weighted by Crippen LogP contribution is 2.55. The fourth-order valence-electron chi connectivity index (χ4n) is 4.09. The summed E-state index contributed by atoms with van der Waals surface area (Å²) < 4.78 is 0. The molecule has 7 heteroatoms. The quantitative estimate of drug-likeness (QED) is 0.818. The molecule has 136 valence electrons. The molecule has 1 heterocycles. The van der Waals surface area contributed by atoms with Crippen LogP contribution in [0.5, 0.6) is 0 Å². The van der Waals surface area contributed by atoms with Gasteiger partial charge in [-0.25, -0.2) is 0 Å². The first kappa shape index (κ1) is 19.3. The molecule has 0 saturated carbocycles. The zero-order valence-corrected chi connectivity index (χ0v) is 16.2. The van der Waals surface area contributed by atoms with Gasteiger partial charge in [0.25, 0.3) is 0 Å². The SMILES string of the molecule is CCN1CC=C2C(C#N)=C(N)C(C#N)(C#N)[C@H](c3cc(Cl)ccc3Cl)[C@@H]2C1. The van der Waals surface area contributed by atoms with Gasteiger partial charge >= 0.3 is 0 Å². The molecular formula is C20H17Cl2N5. The number of nitrogens with zero attached hydrogens (tertiary/aromatic N) is 4. The van der Waals surface area contributed by atoms with Crippen LogP contribution in [0.25, 0.3) is 0 Å². The average Bonchev–Trinajstić information content (AvgIpc) is 2.69. The minimum Gasteiger partial charge on any atom is -0.399 e. The Bertz CT molecular complexity index is 960. The van der Waals surface area contributed by atoms with E-state index < -0.39 is 11.3 Å². The number of allylic oxidation sites excluding steroid dienone is 2. The molecule has 0 amide bonds. The van der Waals surface area contributed by atoms with Crippen molar-refractivity contribution in [1.29, 1.82) is 15.8 Å². The smallest absolute Gasteiger partial charge is 0.191 e. The number of benzene rings is 1. The van der Waals surface area contributed by atoms with E-state index in [2.05, 4.69) is 23.1 Å². The van der Waals surface area contributed by atoms with E-state index >= 15 is 0 Å². The second-order valence-electron chi connectivity index (χ2n) is 6.69. The standard InChI is InChI=1S/C20H17Cl2N5/c1-2-27-6-5-13-15(8-23)19(26)20(10-24,11-25)18(16(13)9-27)14-7-12(21)3-4-17(14)22/h3-5,7,16,18H,2,6,9,26H2,1H3/t16-,18-/m1/s1. The van der Waals surface area contributed by atoms with Crippen LogP contribution < -0.4 is 5.73 Å². The first-order valence-corrected chi connectivity index (χ1v) is 9.29. The van der Waals surface area contributed by atoms with Crippen LogP contribution in [0.4, 0.5) is 0 Å². The number of likely N-dealkylation sites (N-methyl/N-ethyl adjacent to an activating group) is 1. The van der Waals surface area contributed by atoms with Gasteiger partial charge < -0.3 is 5.73 Å². The third kappa shape index (κ3) is 2.88. The van der Waals surface area contributed by atoms with Crippen molar-refractivity contribution in [3.05, 3.63) is 56.7 Å². The van der Waals surface area contributed by atoms with E-state index in [1.807, 2.05) is 13.0 Å². The van der Waals surface area contributed by atoms with Gasteiger partial charge in [-0.3, -0.25) is 4.90 Å². The average molecular weight is 398 g/mol. The van der Waals surface area contributed by atoms with Crippen molar-refractivity contribution in [3.8, 4) is 18.2 Å². The lowest BCUT2D eigenvalue weighted by molar-refractivity contribution is 0.214. The Balaban J connectivity index is 2.36. The molecule has 0 radical (unpaired) electrons. The first-order chi connectivity index (χ1) is 12.9. The lowest BCUT2D eigenvalue weighted by Gasteiger charge is -2.45. The maximum atomic E-state index is 10.0. The second kappa shape index (κ2) is 7.26. The Morgan fingerprint density at radius 1 is 1.26 bits per heavy atom. The van der Waals surface area contributed by atoms with E-state index in [4.69, 9.17) is 28.9 Å². The molecule has 3 rings (SSSR count). The van der Waals surface area contributed by atoms with Crippen molar-refractivity contribution in [2.45, 2.75) is 12.8 Å². The zero-order valence-electron chi connectivity index (χ0n) is 14.7. The fraction of sp³-hybridized carbons (Fsp3) is 0.350. The maximum absolute atomic E-state index is 10.0. The number of hydrogen-bond acceptors (Lipinski definition) is 5. The largest absolute Gasteiger partial charge is 0.399 e. The van der Waals surface area contributed by atoms with Crippen molar-refractivity contribution in [3.63, 3.8) is 0 Å². The van der Waals surface area contributed by atoms with Crippen molar-refractivity contribution in [1.82, 2.24) is 4.90 Å². The van der Waals surface area contributed by atoms with Gasteiger partial charge in [0.1, 0.15) is 6.07 Å². The van der Waals surface area contributed by atoms with Crippen LogP contribution in [0.1, 0.15) is 18.4 Å². The van der Waals surface area contributed by atoms with Crippen LogP contribution in [0.3, 0.4) is 0 Å². The lowest BCUT2D eigenvalue weighted by atomic mass is 9.58.